The van der Waals surface area contributed by atoms with Crippen molar-refractivity contribution in [3.05, 3.63) is 11.8 Å². The largest absolute Gasteiger partial charge is 0.268 e. The molecule has 0 bridgehead atoms. The molecule has 1 spiro atoms. The number of hydrogen-bond donors (Lipinski definition) is 0. The normalized spacial score (nSPS) is 21.6. The van der Waals surface area contributed by atoms with Crippen LogP contribution in [-0.2, 0) is 12.0 Å². The molecule has 0 atom stereocenters. The van der Waals surface area contributed by atoms with Crippen molar-refractivity contribution in [3.63, 3.8) is 0 Å². The van der Waals surface area contributed by atoms with Gasteiger partial charge in [0.2, 0.25) is 0 Å². The summed E-state index contributed by atoms with van der Waals surface area (Å²) in [6.45, 7) is 1.03. The molecule has 0 amide bonds. The molecule has 0 N–H and O–H groups in total. The number of nitrogens with zero attached hydrogens (tertiary/aromatic N) is 3. The molecule has 14 heavy (non-hydrogen) atoms. The van der Waals surface area contributed by atoms with Gasteiger partial charge in [-0.3, -0.25) is 4.68 Å². The number of thiocyanates is 1. The number of thioether (sulfide) groups is 1. The first-order valence-electron chi connectivity index (χ1n) is 4.98. The van der Waals surface area contributed by atoms with Gasteiger partial charge in [-0.05, 0) is 31.7 Å². The van der Waals surface area contributed by atoms with Gasteiger partial charge in [-0.15, -0.1) is 0 Å². The van der Waals surface area contributed by atoms with Crippen molar-refractivity contribution in [1.82, 2.24) is 9.78 Å². The molecule has 0 radical (unpaired) electrons. The van der Waals surface area contributed by atoms with Gasteiger partial charge in [0.05, 0.1) is 0 Å². The summed E-state index contributed by atoms with van der Waals surface area (Å²) in [6.07, 6.45) is 5.19. The van der Waals surface area contributed by atoms with E-state index in [1.165, 1.54) is 43.1 Å². The molecule has 2 heterocycles. The van der Waals surface area contributed by atoms with Gasteiger partial charge in [-0.25, -0.2) is 0 Å². The zero-order valence-corrected chi connectivity index (χ0v) is 8.68. The van der Waals surface area contributed by atoms with E-state index in [1.54, 1.807) is 0 Å². The lowest BCUT2D eigenvalue weighted by Crippen LogP contribution is -2.21. The Bertz CT molecular complexity index is 411. The molecule has 1 aliphatic carbocycles. The summed E-state index contributed by atoms with van der Waals surface area (Å²) in [5.74, 6) is 0. The molecular weight excluding hydrogens is 194 g/mol. The maximum absolute atomic E-state index is 8.59. The number of rotatable bonds is 1. The van der Waals surface area contributed by atoms with Gasteiger partial charge < -0.3 is 0 Å². The Balaban J connectivity index is 2.02. The van der Waals surface area contributed by atoms with Gasteiger partial charge in [-0.2, -0.15) is 10.4 Å². The number of nitriles is 1. The molecular formula is C10H11N3S. The smallest absolute Gasteiger partial charge is 0.140 e. The Hall–Kier alpha value is -0.950. The molecule has 2 aliphatic rings. The minimum Gasteiger partial charge on any atom is -0.268 e. The van der Waals surface area contributed by atoms with Crippen molar-refractivity contribution < 1.29 is 0 Å². The quantitative estimate of drug-likeness (QED) is 0.521. The molecule has 0 unspecified atom stereocenters. The molecule has 1 saturated carbocycles. The average molecular weight is 205 g/mol. The van der Waals surface area contributed by atoms with Crippen molar-refractivity contribution >= 4 is 11.8 Å². The summed E-state index contributed by atoms with van der Waals surface area (Å²) in [5.41, 5.74) is 1.83. The second kappa shape index (κ2) is 2.77. The summed E-state index contributed by atoms with van der Waals surface area (Å²) >= 11 is 1.17. The number of fused-ring (bicyclic) bond motifs is 2. The first-order chi connectivity index (χ1) is 6.84. The highest BCUT2D eigenvalue weighted by Crippen LogP contribution is 2.54. The molecule has 72 valence electrons. The van der Waals surface area contributed by atoms with Crippen molar-refractivity contribution in [1.29, 1.82) is 5.26 Å². The van der Waals surface area contributed by atoms with E-state index in [-0.39, 0.29) is 0 Å². The fraction of sp³-hybridized carbons (Fsp3) is 0.600. The van der Waals surface area contributed by atoms with Crippen LogP contribution in [0, 0.1) is 10.7 Å². The second-order valence-electron chi connectivity index (χ2n) is 4.17. The topological polar surface area (TPSA) is 41.6 Å². The monoisotopic (exact) mass is 205 g/mol. The second-order valence-corrected chi connectivity index (χ2v) is 4.97. The van der Waals surface area contributed by atoms with Crippen LogP contribution >= 0.6 is 11.8 Å². The van der Waals surface area contributed by atoms with E-state index in [9.17, 15) is 0 Å². The minimum absolute atomic E-state index is 0.458. The fourth-order valence-electron chi connectivity index (χ4n) is 2.44. The standard InChI is InChI=1S/C10H11N3S/c11-7-14-9-6-8-10(3-4-10)2-1-5-13(8)12-9/h6H,1-5H2. The Morgan fingerprint density at radius 3 is 3.07 bits per heavy atom. The van der Waals surface area contributed by atoms with E-state index in [0.29, 0.717) is 5.41 Å². The predicted octanol–water partition coefficient (Wildman–Crippen LogP) is 2.28. The SMILES string of the molecule is N#CSc1cc2n(n1)CCCC21CC1. The van der Waals surface area contributed by atoms with Crippen molar-refractivity contribution in [3.8, 4) is 5.40 Å². The van der Waals surface area contributed by atoms with E-state index in [1.807, 2.05) is 0 Å². The highest BCUT2D eigenvalue weighted by molar-refractivity contribution is 8.03. The fourth-order valence-corrected chi connectivity index (χ4v) is 2.84. The van der Waals surface area contributed by atoms with Crippen LogP contribution in [0.3, 0.4) is 0 Å². The third-order valence-corrected chi connectivity index (χ3v) is 3.83. The van der Waals surface area contributed by atoms with Crippen LogP contribution in [-0.4, -0.2) is 9.78 Å². The predicted molar refractivity (Wildman–Crippen MR) is 53.8 cm³/mol. The lowest BCUT2D eigenvalue weighted by atomic mass is 9.93. The van der Waals surface area contributed by atoms with Gasteiger partial charge in [-0.1, -0.05) is 0 Å². The van der Waals surface area contributed by atoms with Gasteiger partial charge in [0.1, 0.15) is 10.4 Å². The maximum atomic E-state index is 8.59. The van der Waals surface area contributed by atoms with Gasteiger partial charge in [0, 0.05) is 29.4 Å². The minimum atomic E-state index is 0.458. The third-order valence-electron chi connectivity index (χ3n) is 3.33. The lowest BCUT2D eigenvalue weighted by molar-refractivity contribution is 0.408. The van der Waals surface area contributed by atoms with Crippen molar-refractivity contribution in [2.45, 2.75) is 42.7 Å². The summed E-state index contributed by atoms with van der Waals surface area (Å²) in [4.78, 5) is 0. The molecule has 3 nitrogen and oxygen atoms in total. The molecule has 4 heteroatoms. The van der Waals surface area contributed by atoms with Crippen LogP contribution in [0.1, 0.15) is 31.4 Å². The summed E-state index contributed by atoms with van der Waals surface area (Å²) < 4.78 is 2.11. The Morgan fingerprint density at radius 2 is 2.36 bits per heavy atom. The van der Waals surface area contributed by atoms with E-state index < -0.39 is 0 Å². The Kier molecular flexibility index (Phi) is 1.65. The van der Waals surface area contributed by atoms with Gasteiger partial charge >= 0.3 is 0 Å². The number of aryl methyl sites for hydroxylation is 1. The van der Waals surface area contributed by atoms with Crippen LogP contribution in [0.25, 0.3) is 0 Å². The molecule has 1 aromatic heterocycles. The summed E-state index contributed by atoms with van der Waals surface area (Å²) in [7, 11) is 0. The third kappa shape index (κ3) is 1.09. The highest BCUT2D eigenvalue weighted by atomic mass is 32.2. The lowest BCUT2D eigenvalue weighted by Gasteiger charge is -2.22. The van der Waals surface area contributed by atoms with Crippen molar-refractivity contribution in [2.24, 2.45) is 0 Å². The first-order valence-corrected chi connectivity index (χ1v) is 5.80. The van der Waals surface area contributed by atoms with Crippen LogP contribution in [0.5, 0.6) is 0 Å². The van der Waals surface area contributed by atoms with Gasteiger partial charge in [0.15, 0.2) is 0 Å². The van der Waals surface area contributed by atoms with E-state index in [0.717, 1.165) is 11.6 Å². The molecule has 3 rings (SSSR count). The van der Waals surface area contributed by atoms with Crippen molar-refractivity contribution in [2.75, 3.05) is 0 Å². The summed E-state index contributed by atoms with van der Waals surface area (Å²) in [6, 6.07) is 2.11. The Morgan fingerprint density at radius 1 is 1.50 bits per heavy atom. The van der Waals surface area contributed by atoms with E-state index in [2.05, 4.69) is 21.2 Å². The summed E-state index contributed by atoms with van der Waals surface area (Å²) in [5, 5.41) is 16.0. The first kappa shape index (κ1) is 8.37. The molecule has 1 fully saturated rings. The molecule has 0 saturated heterocycles. The van der Waals surface area contributed by atoms with Crippen LogP contribution < -0.4 is 0 Å². The van der Waals surface area contributed by atoms with E-state index in [4.69, 9.17) is 5.26 Å². The molecule has 0 aromatic carbocycles. The average Bonchev–Trinajstić information content (AvgIpc) is 2.80. The van der Waals surface area contributed by atoms with Crippen LogP contribution in [0.2, 0.25) is 0 Å². The highest BCUT2D eigenvalue weighted by Gasteiger charge is 2.48. The number of hydrogen-bond acceptors (Lipinski definition) is 3. The van der Waals surface area contributed by atoms with Crippen LogP contribution in [0.15, 0.2) is 11.1 Å². The van der Waals surface area contributed by atoms with Gasteiger partial charge in [0.25, 0.3) is 0 Å². The Labute approximate surface area is 87.1 Å². The number of aromatic nitrogens is 2. The maximum Gasteiger partial charge on any atom is 0.140 e. The molecule has 1 aromatic rings. The molecule has 1 aliphatic heterocycles. The van der Waals surface area contributed by atoms with Crippen LogP contribution in [0.4, 0.5) is 0 Å². The zero-order valence-electron chi connectivity index (χ0n) is 7.86. The van der Waals surface area contributed by atoms with E-state index >= 15 is 0 Å². The zero-order chi connectivity index (χ0) is 9.60.